The lowest BCUT2D eigenvalue weighted by molar-refractivity contribution is 0.314. The van der Waals surface area contributed by atoms with E-state index in [4.69, 9.17) is 9.73 Å². The predicted octanol–water partition coefficient (Wildman–Crippen LogP) is 2.23. The van der Waals surface area contributed by atoms with Crippen LogP contribution < -0.4 is 15.4 Å². The Bertz CT molecular complexity index is 556. The third kappa shape index (κ3) is 4.63. The number of likely N-dealkylation sites (tertiary alicyclic amines) is 1. The van der Waals surface area contributed by atoms with Gasteiger partial charge in [-0.15, -0.1) is 0 Å². The standard InChI is InChI=1S/C19H30N4O/c1-3-20-19(22-13-16-6-4-5-7-18(16)24-2)21-12-15-10-11-23(14-15)17-8-9-17/h4-7,15,17H,3,8-14H2,1-2H3,(H2,20,21,22). The zero-order chi connectivity index (χ0) is 16.8. The molecule has 0 amide bonds. The van der Waals surface area contributed by atoms with Crippen LogP contribution in [0.1, 0.15) is 31.7 Å². The minimum atomic E-state index is 0.623. The summed E-state index contributed by atoms with van der Waals surface area (Å²) in [4.78, 5) is 7.38. The van der Waals surface area contributed by atoms with Gasteiger partial charge in [0.1, 0.15) is 5.75 Å². The second-order valence-corrected chi connectivity index (χ2v) is 6.77. The summed E-state index contributed by atoms with van der Waals surface area (Å²) in [7, 11) is 1.71. The molecule has 0 radical (unpaired) electrons. The lowest BCUT2D eigenvalue weighted by Crippen LogP contribution is -2.40. The molecule has 132 valence electrons. The van der Waals surface area contributed by atoms with E-state index in [1.807, 2.05) is 18.2 Å². The van der Waals surface area contributed by atoms with Gasteiger partial charge in [0.15, 0.2) is 5.96 Å². The number of benzene rings is 1. The molecule has 1 aliphatic heterocycles. The number of methoxy groups -OCH3 is 1. The lowest BCUT2D eigenvalue weighted by atomic mass is 10.1. The van der Waals surface area contributed by atoms with Crippen LogP contribution in [0.5, 0.6) is 5.75 Å². The van der Waals surface area contributed by atoms with Gasteiger partial charge in [0, 0.05) is 31.2 Å². The first kappa shape index (κ1) is 17.1. The fraction of sp³-hybridized carbons (Fsp3) is 0.632. The van der Waals surface area contributed by atoms with Gasteiger partial charge in [-0.25, -0.2) is 4.99 Å². The Morgan fingerprint density at radius 3 is 2.83 bits per heavy atom. The largest absolute Gasteiger partial charge is 0.496 e. The van der Waals surface area contributed by atoms with Gasteiger partial charge in [0.2, 0.25) is 0 Å². The van der Waals surface area contributed by atoms with Crippen LogP contribution >= 0.6 is 0 Å². The number of hydrogen-bond donors (Lipinski definition) is 2. The average molecular weight is 330 g/mol. The van der Waals surface area contributed by atoms with Crippen molar-refractivity contribution in [3.63, 3.8) is 0 Å². The van der Waals surface area contributed by atoms with Crippen LogP contribution in [-0.2, 0) is 6.54 Å². The predicted molar refractivity (Wildman–Crippen MR) is 98.5 cm³/mol. The SMILES string of the molecule is CCNC(=NCc1ccccc1OC)NCC1CCN(C2CC2)C1. The Kier molecular flexibility index (Phi) is 5.96. The van der Waals surface area contributed by atoms with E-state index in [-0.39, 0.29) is 0 Å². The van der Waals surface area contributed by atoms with Crippen LogP contribution in [0.15, 0.2) is 29.3 Å². The lowest BCUT2D eigenvalue weighted by Gasteiger charge is -2.17. The number of aliphatic imine (C=N–C) groups is 1. The highest BCUT2D eigenvalue weighted by Crippen LogP contribution is 2.31. The van der Waals surface area contributed by atoms with E-state index in [0.29, 0.717) is 6.54 Å². The molecule has 0 spiro atoms. The van der Waals surface area contributed by atoms with Gasteiger partial charge in [0.25, 0.3) is 0 Å². The first-order chi connectivity index (χ1) is 11.8. The zero-order valence-electron chi connectivity index (χ0n) is 14.9. The van der Waals surface area contributed by atoms with Crippen molar-refractivity contribution in [3.8, 4) is 5.75 Å². The van der Waals surface area contributed by atoms with Gasteiger partial charge in [-0.3, -0.25) is 0 Å². The number of guanidine groups is 1. The van der Waals surface area contributed by atoms with Crippen molar-refractivity contribution < 1.29 is 4.74 Å². The molecular weight excluding hydrogens is 300 g/mol. The number of ether oxygens (including phenoxy) is 1. The Hall–Kier alpha value is -1.75. The van der Waals surface area contributed by atoms with E-state index < -0.39 is 0 Å². The van der Waals surface area contributed by atoms with E-state index in [2.05, 4.69) is 28.5 Å². The van der Waals surface area contributed by atoms with Crippen LogP contribution in [-0.4, -0.2) is 50.2 Å². The molecule has 2 N–H and O–H groups in total. The summed E-state index contributed by atoms with van der Waals surface area (Å²) < 4.78 is 5.40. The molecule has 2 aliphatic rings. The highest BCUT2D eigenvalue weighted by atomic mass is 16.5. The quantitative estimate of drug-likeness (QED) is 0.595. The van der Waals surface area contributed by atoms with Gasteiger partial charge < -0.3 is 20.3 Å². The summed E-state index contributed by atoms with van der Waals surface area (Å²) in [6.45, 7) is 7.11. The molecule has 1 aromatic carbocycles. The van der Waals surface area contributed by atoms with Crippen LogP contribution in [0.4, 0.5) is 0 Å². The third-order valence-electron chi connectivity index (χ3n) is 4.88. The molecule has 1 aromatic rings. The summed E-state index contributed by atoms with van der Waals surface area (Å²) in [5.74, 6) is 2.53. The number of nitrogens with one attached hydrogen (secondary N) is 2. The summed E-state index contributed by atoms with van der Waals surface area (Å²) in [6.07, 6.45) is 4.11. The van der Waals surface area contributed by atoms with E-state index in [1.165, 1.54) is 32.4 Å². The second-order valence-electron chi connectivity index (χ2n) is 6.77. The molecule has 1 atom stereocenters. The number of nitrogens with zero attached hydrogens (tertiary/aromatic N) is 2. The number of rotatable bonds is 7. The minimum absolute atomic E-state index is 0.623. The Morgan fingerprint density at radius 2 is 2.08 bits per heavy atom. The van der Waals surface area contributed by atoms with Crippen molar-refractivity contribution in [1.82, 2.24) is 15.5 Å². The van der Waals surface area contributed by atoms with Crippen LogP contribution in [0.2, 0.25) is 0 Å². The smallest absolute Gasteiger partial charge is 0.191 e. The summed E-state index contributed by atoms with van der Waals surface area (Å²) in [5.41, 5.74) is 1.11. The molecule has 0 aromatic heterocycles. The van der Waals surface area contributed by atoms with Crippen molar-refractivity contribution >= 4 is 5.96 Å². The first-order valence-corrected chi connectivity index (χ1v) is 9.18. The average Bonchev–Trinajstić information content (AvgIpc) is 3.36. The highest BCUT2D eigenvalue weighted by molar-refractivity contribution is 5.79. The Labute approximate surface area is 145 Å². The van der Waals surface area contributed by atoms with Gasteiger partial charge >= 0.3 is 0 Å². The molecule has 1 unspecified atom stereocenters. The molecule has 5 nitrogen and oxygen atoms in total. The maximum absolute atomic E-state index is 5.40. The van der Waals surface area contributed by atoms with Crippen LogP contribution in [0, 0.1) is 5.92 Å². The third-order valence-corrected chi connectivity index (χ3v) is 4.88. The molecule has 1 saturated carbocycles. The van der Waals surface area contributed by atoms with E-state index in [9.17, 15) is 0 Å². The van der Waals surface area contributed by atoms with Crippen molar-refractivity contribution in [2.75, 3.05) is 33.3 Å². The summed E-state index contributed by atoms with van der Waals surface area (Å²) >= 11 is 0. The molecule has 3 rings (SSSR count). The van der Waals surface area contributed by atoms with E-state index >= 15 is 0 Å². The van der Waals surface area contributed by atoms with Crippen molar-refractivity contribution in [2.24, 2.45) is 10.9 Å². The number of hydrogen-bond acceptors (Lipinski definition) is 3. The molecular formula is C19H30N4O. The van der Waals surface area contributed by atoms with Crippen molar-refractivity contribution in [3.05, 3.63) is 29.8 Å². The van der Waals surface area contributed by atoms with Gasteiger partial charge in [-0.05, 0) is 44.7 Å². The number of para-hydroxylation sites is 1. The Balaban J connectivity index is 1.51. The van der Waals surface area contributed by atoms with Crippen LogP contribution in [0.3, 0.4) is 0 Å². The summed E-state index contributed by atoms with van der Waals surface area (Å²) in [5, 5.41) is 6.87. The molecule has 24 heavy (non-hydrogen) atoms. The summed E-state index contributed by atoms with van der Waals surface area (Å²) in [6, 6.07) is 8.95. The van der Waals surface area contributed by atoms with Crippen LogP contribution in [0.25, 0.3) is 0 Å². The molecule has 5 heteroatoms. The maximum atomic E-state index is 5.40. The van der Waals surface area contributed by atoms with Crippen molar-refractivity contribution in [1.29, 1.82) is 0 Å². The van der Waals surface area contributed by atoms with Gasteiger partial charge in [-0.2, -0.15) is 0 Å². The molecule has 0 bridgehead atoms. The highest BCUT2D eigenvalue weighted by Gasteiger charge is 2.34. The van der Waals surface area contributed by atoms with Gasteiger partial charge in [-0.1, -0.05) is 18.2 Å². The van der Waals surface area contributed by atoms with Crippen molar-refractivity contribution in [2.45, 2.75) is 38.8 Å². The molecule has 1 saturated heterocycles. The Morgan fingerprint density at radius 1 is 1.25 bits per heavy atom. The molecule has 2 fully saturated rings. The first-order valence-electron chi connectivity index (χ1n) is 9.18. The van der Waals surface area contributed by atoms with E-state index in [0.717, 1.165) is 42.3 Å². The maximum Gasteiger partial charge on any atom is 0.191 e. The molecule has 1 aliphatic carbocycles. The monoisotopic (exact) mass is 330 g/mol. The second kappa shape index (κ2) is 8.38. The van der Waals surface area contributed by atoms with E-state index in [1.54, 1.807) is 7.11 Å². The topological polar surface area (TPSA) is 48.9 Å². The van der Waals surface area contributed by atoms with Gasteiger partial charge in [0.05, 0.1) is 13.7 Å². The zero-order valence-corrected chi connectivity index (χ0v) is 14.9. The molecule has 1 heterocycles. The minimum Gasteiger partial charge on any atom is -0.496 e. The normalized spacial score (nSPS) is 21.8. The fourth-order valence-corrected chi connectivity index (χ4v) is 3.38. The fourth-order valence-electron chi connectivity index (χ4n) is 3.38.